The Morgan fingerprint density at radius 3 is 2.56 bits per heavy atom. The molecule has 0 saturated carbocycles. The van der Waals surface area contributed by atoms with E-state index in [0.717, 1.165) is 0 Å². The Morgan fingerprint density at radius 1 is 1.19 bits per heavy atom. The zero-order valence-electron chi connectivity index (χ0n) is 8.18. The largest absolute Gasteiger partial charge is 0.422 e. The zero-order valence-corrected chi connectivity index (χ0v) is 8.18. The lowest BCUT2D eigenvalue weighted by Gasteiger charge is -2.00. The normalized spacial score (nSPS) is 9.94. The van der Waals surface area contributed by atoms with E-state index in [9.17, 15) is 4.79 Å². The molecule has 0 radical (unpaired) electrons. The maximum atomic E-state index is 11.5. The van der Waals surface area contributed by atoms with Gasteiger partial charge in [0.05, 0.1) is 17.7 Å². The van der Waals surface area contributed by atoms with Crippen molar-refractivity contribution in [3.63, 3.8) is 0 Å². The predicted octanol–water partition coefficient (Wildman–Crippen LogP) is 1.92. The van der Waals surface area contributed by atoms with E-state index in [1.165, 1.54) is 6.07 Å². The summed E-state index contributed by atoms with van der Waals surface area (Å²) < 4.78 is 5.02. The molecule has 0 aliphatic heterocycles. The van der Waals surface area contributed by atoms with E-state index in [2.05, 4.69) is 0 Å². The van der Waals surface area contributed by atoms with Crippen LogP contribution in [0.3, 0.4) is 0 Å². The Balaban J connectivity index is 2.74. The first-order chi connectivity index (χ1) is 7.76. The molecule has 1 aromatic heterocycles. The molecule has 0 amide bonds. The maximum Gasteiger partial charge on any atom is 0.341 e. The van der Waals surface area contributed by atoms with Crippen molar-refractivity contribution in [1.29, 1.82) is 10.5 Å². The van der Waals surface area contributed by atoms with Gasteiger partial charge >= 0.3 is 5.63 Å². The van der Waals surface area contributed by atoms with Gasteiger partial charge in [-0.25, -0.2) is 4.79 Å². The third-order valence-corrected chi connectivity index (χ3v) is 2.24. The van der Waals surface area contributed by atoms with E-state index >= 15 is 0 Å². The summed E-state index contributed by atoms with van der Waals surface area (Å²) in [6.07, 6.45) is 0. The molecule has 16 heavy (non-hydrogen) atoms. The van der Waals surface area contributed by atoms with Crippen molar-refractivity contribution in [2.24, 2.45) is 0 Å². The smallest absolute Gasteiger partial charge is 0.341 e. The van der Waals surface area contributed by atoms with Crippen LogP contribution in [0.1, 0.15) is 11.5 Å². The minimum Gasteiger partial charge on any atom is -0.422 e. The molecular weight excluding hydrogens is 204 g/mol. The van der Waals surface area contributed by atoms with Crippen LogP contribution in [0.5, 0.6) is 0 Å². The first-order valence-electron chi connectivity index (χ1n) is 4.58. The van der Waals surface area contributed by atoms with Crippen LogP contribution >= 0.6 is 0 Å². The molecule has 0 fully saturated rings. The van der Waals surface area contributed by atoms with Crippen molar-refractivity contribution in [2.75, 3.05) is 0 Å². The van der Waals surface area contributed by atoms with Crippen molar-refractivity contribution >= 4 is 11.0 Å². The summed E-state index contributed by atoms with van der Waals surface area (Å²) in [5, 5.41) is 18.1. The fourth-order valence-electron chi connectivity index (χ4n) is 1.45. The van der Waals surface area contributed by atoms with Crippen LogP contribution in [0.4, 0.5) is 0 Å². The molecule has 4 heteroatoms. The lowest BCUT2D eigenvalue weighted by molar-refractivity contribution is 0.551. The van der Waals surface area contributed by atoms with Gasteiger partial charge < -0.3 is 4.42 Å². The average molecular weight is 210 g/mol. The van der Waals surface area contributed by atoms with Crippen LogP contribution in [-0.4, -0.2) is 0 Å². The van der Waals surface area contributed by atoms with Gasteiger partial charge in [0.25, 0.3) is 0 Å². The minimum absolute atomic E-state index is 0.0868. The SMILES string of the molecule is N#CC(C#N)c1cc2ccccc2oc1=O. The molecule has 0 N–H and O–H groups in total. The number of nitriles is 2. The molecule has 1 aromatic carbocycles. The third-order valence-electron chi connectivity index (χ3n) is 2.24. The summed E-state index contributed by atoms with van der Waals surface area (Å²) >= 11 is 0. The summed E-state index contributed by atoms with van der Waals surface area (Å²) in [6.45, 7) is 0. The molecule has 0 bridgehead atoms. The van der Waals surface area contributed by atoms with Gasteiger partial charge in [-0.1, -0.05) is 18.2 Å². The fraction of sp³-hybridized carbons (Fsp3) is 0.0833. The highest BCUT2D eigenvalue weighted by molar-refractivity contribution is 5.77. The van der Waals surface area contributed by atoms with Crippen molar-refractivity contribution in [3.8, 4) is 12.1 Å². The lowest BCUT2D eigenvalue weighted by Crippen LogP contribution is -2.10. The van der Waals surface area contributed by atoms with E-state index in [1.807, 2.05) is 0 Å². The van der Waals surface area contributed by atoms with Crippen LogP contribution in [0.2, 0.25) is 0 Å². The Labute approximate surface area is 91.0 Å². The van der Waals surface area contributed by atoms with E-state index < -0.39 is 11.5 Å². The number of fused-ring (bicyclic) bond motifs is 1. The predicted molar refractivity (Wildman–Crippen MR) is 56.5 cm³/mol. The van der Waals surface area contributed by atoms with Gasteiger partial charge in [0.15, 0.2) is 5.92 Å². The monoisotopic (exact) mass is 210 g/mol. The number of rotatable bonds is 1. The molecule has 2 rings (SSSR count). The van der Waals surface area contributed by atoms with Crippen LogP contribution in [0, 0.1) is 22.7 Å². The Hall–Kier alpha value is -2.59. The third kappa shape index (κ3) is 1.53. The van der Waals surface area contributed by atoms with Gasteiger partial charge in [-0.3, -0.25) is 0 Å². The van der Waals surface area contributed by atoms with Crippen LogP contribution < -0.4 is 5.63 Å². The molecule has 1 heterocycles. The quantitative estimate of drug-likeness (QED) is 0.673. The Kier molecular flexibility index (Phi) is 2.41. The molecule has 0 spiro atoms. The first-order valence-corrected chi connectivity index (χ1v) is 4.58. The molecule has 0 atom stereocenters. The molecule has 0 saturated heterocycles. The van der Waals surface area contributed by atoms with Gasteiger partial charge in [0, 0.05) is 5.39 Å². The lowest BCUT2D eigenvalue weighted by atomic mass is 10.0. The van der Waals surface area contributed by atoms with Gasteiger partial charge in [-0.05, 0) is 12.1 Å². The molecule has 76 valence electrons. The summed E-state index contributed by atoms with van der Waals surface area (Å²) in [7, 11) is 0. The maximum absolute atomic E-state index is 11.5. The van der Waals surface area contributed by atoms with E-state index in [0.29, 0.717) is 11.0 Å². The van der Waals surface area contributed by atoms with Crippen molar-refractivity contribution in [2.45, 2.75) is 5.92 Å². The molecular formula is C12H6N2O2. The standard InChI is InChI=1S/C12H6N2O2/c13-6-9(7-14)10-5-8-3-1-2-4-11(8)16-12(10)15/h1-5,9H. The topological polar surface area (TPSA) is 77.8 Å². The highest BCUT2D eigenvalue weighted by Gasteiger charge is 2.15. The molecule has 2 aromatic rings. The average Bonchev–Trinajstić information content (AvgIpc) is 2.31. The number of hydrogen-bond acceptors (Lipinski definition) is 4. The summed E-state index contributed by atoms with van der Waals surface area (Å²) in [4.78, 5) is 11.5. The number of nitrogens with zero attached hydrogens (tertiary/aromatic N) is 2. The van der Waals surface area contributed by atoms with Gasteiger partial charge in [-0.2, -0.15) is 10.5 Å². The summed E-state index contributed by atoms with van der Waals surface area (Å²) in [5.74, 6) is -1.08. The summed E-state index contributed by atoms with van der Waals surface area (Å²) in [5.41, 5.74) is -0.0959. The van der Waals surface area contributed by atoms with Crippen LogP contribution in [0.25, 0.3) is 11.0 Å². The van der Waals surface area contributed by atoms with E-state index in [1.54, 1.807) is 36.4 Å². The minimum atomic E-state index is -1.08. The van der Waals surface area contributed by atoms with Gasteiger partial charge in [0.1, 0.15) is 5.58 Å². The van der Waals surface area contributed by atoms with Crippen LogP contribution in [-0.2, 0) is 0 Å². The number of benzene rings is 1. The Bertz CT molecular complexity index is 660. The first kappa shape index (κ1) is 9.95. The number of hydrogen-bond donors (Lipinski definition) is 0. The van der Waals surface area contributed by atoms with E-state index in [-0.39, 0.29) is 5.56 Å². The highest BCUT2D eigenvalue weighted by Crippen LogP contribution is 2.17. The highest BCUT2D eigenvalue weighted by atomic mass is 16.4. The number of para-hydroxylation sites is 1. The van der Waals surface area contributed by atoms with Gasteiger partial charge in [-0.15, -0.1) is 0 Å². The fourth-order valence-corrected chi connectivity index (χ4v) is 1.45. The summed E-state index contributed by atoms with van der Waals surface area (Å²) in [6, 6.07) is 12.0. The second-order valence-corrected chi connectivity index (χ2v) is 3.22. The van der Waals surface area contributed by atoms with Crippen molar-refractivity contribution in [3.05, 3.63) is 46.3 Å². The van der Waals surface area contributed by atoms with Gasteiger partial charge in [0.2, 0.25) is 0 Å². The van der Waals surface area contributed by atoms with Crippen molar-refractivity contribution < 1.29 is 4.42 Å². The second kappa shape index (κ2) is 3.88. The Morgan fingerprint density at radius 2 is 1.88 bits per heavy atom. The second-order valence-electron chi connectivity index (χ2n) is 3.22. The molecule has 4 nitrogen and oxygen atoms in total. The zero-order chi connectivity index (χ0) is 11.5. The molecule has 0 unspecified atom stereocenters. The van der Waals surface area contributed by atoms with Crippen molar-refractivity contribution in [1.82, 2.24) is 0 Å². The molecule has 0 aliphatic rings. The van der Waals surface area contributed by atoms with E-state index in [4.69, 9.17) is 14.9 Å². The molecule has 0 aliphatic carbocycles. The van der Waals surface area contributed by atoms with Crippen LogP contribution in [0.15, 0.2) is 39.5 Å².